The zero-order valence-corrected chi connectivity index (χ0v) is 7.11. The first-order valence-electron chi connectivity index (χ1n) is 1.17. The van der Waals surface area contributed by atoms with Gasteiger partial charge in [-0.15, -0.1) is 0 Å². The number of hydrogen-bond donors (Lipinski definition) is 0. The van der Waals surface area contributed by atoms with Crippen molar-refractivity contribution in [1.82, 2.24) is 0 Å². The molecule has 0 atom stereocenters. The number of hydrogen-bond acceptors (Lipinski definition) is 2. The molecule has 38 valence electrons. The molecule has 0 fully saturated rings. The Morgan fingerprint density at radius 1 is 1.71 bits per heavy atom. The molecule has 0 aromatic rings. The van der Waals surface area contributed by atoms with Gasteiger partial charge in [0.2, 0.25) is 0 Å². The Morgan fingerprint density at radius 3 is 1.86 bits per heavy atom. The van der Waals surface area contributed by atoms with Crippen LogP contribution in [-0.4, -0.2) is 30.2 Å². The van der Waals surface area contributed by atoms with E-state index in [4.69, 9.17) is 0 Å². The molecule has 0 aromatic heterocycles. The van der Waals surface area contributed by atoms with Gasteiger partial charge in [0.15, 0.2) is 0 Å². The molecule has 0 saturated heterocycles. The molecule has 0 aliphatic heterocycles. The summed E-state index contributed by atoms with van der Waals surface area (Å²) in [5, 5.41) is 9.48. The number of methoxy groups -OCH3 is 1. The van der Waals surface area contributed by atoms with E-state index in [0.717, 1.165) is 0 Å². The van der Waals surface area contributed by atoms with Gasteiger partial charge in [-0.1, -0.05) is 6.58 Å². The molecule has 0 radical (unpaired) electrons. The average Bonchev–Trinajstić information content (AvgIpc) is 1.38. The van der Waals surface area contributed by atoms with E-state index in [-0.39, 0.29) is 40.0 Å². The van der Waals surface area contributed by atoms with E-state index in [1.54, 1.807) is 0 Å². The molecule has 0 aliphatic carbocycles. The zero-order chi connectivity index (χ0) is 4.28. The number of ether oxygens (including phenoxy) is 1. The predicted molar refractivity (Wildman–Crippen MR) is 21.9 cm³/mol. The van der Waals surface area contributed by atoms with Crippen LogP contribution < -0.4 is 22.1 Å². The van der Waals surface area contributed by atoms with Crippen LogP contribution in [0.15, 0.2) is 12.5 Å². The minimum absolute atomic E-state index is 0. The van der Waals surface area contributed by atoms with Crippen LogP contribution in [-0.2, 0) is 4.74 Å². The Bertz CT molecular complexity index is 48.2. The second kappa shape index (κ2) is 9.77. The Kier molecular flexibility index (Phi) is 21.8. The summed E-state index contributed by atoms with van der Waals surface area (Å²) >= 11 is 0. The Hall–Kier alpha value is 0.586. The largest absolute Gasteiger partial charge is 2.00 e. The smallest absolute Gasteiger partial charge is 1.00 e. The van der Waals surface area contributed by atoms with Crippen LogP contribution in [0, 0.1) is 0 Å². The van der Waals surface area contributed by atoms with Crippen LogP contribution in [0.25, 0.3) is 0 Å². The molecule has 0 N–H and O–H groups in total. The molecular formula is C3H5BrMgO2. The molecule has 0 saturated carbocycles. The summed E-state index contributed by atoms with van der Waals surface area (Å²) in [7, 11) is 1.29. The Labute approximate surface area is 69.5 Å². The third-order valence-electron chi connectivity index (χ3n) is 0.228. The average molecular weight is 177 g/mol. The maximum Gasteiger partial charge on any atom is 2.00 e. The van der Waals surface area contributed by atoms with Gasteiger partial charge >= 0.3 is 23.1 Å². The fourth-order valence-electron chi connectivity index (χ4n) is 0. The SMILES string of the molecule is C=C([O-])OC.[Br-].[Mg+2]. The zero-order valence-electron chi connectivity index (χ0n) is 4.11. The minimum Gasteiger partial charge on any atom is -1.00 e. The fourth-order valence-corrected chi connectivity index (χ4v) is 0. The maximum atomic E-state index is 9.48. The third kappa shape index (κ3) is 20.7. The van der Waals surface area contributed by atoms with E-state index < -0.39 is 5.95 Å². The van der Waals surface area contributed by atoms with Crippen molar-refractivity contribution >= 4 is 23.1 Å². The summed E-state index contributed by atoms with van der Waals surface area (Å²) in [6.45, 7) is 2.90. The van der Waals surface area contributed by atoms with Gasteiger partial charge in [-0.3, -0.25) is 0 Å². The molecule has 7 heavy (non-hydrogen) atoms. The summed E-state index contributed by atoms with van der Waals surface area (Å²) in [5.74, 6) is -0.495. The van der Waals surface area contributed by atoms with Gasteiger partial charge in [-0.05, 0) is 7.11 Å². The van der Waals surface area contributed by atoms with E-state index >= 15 is 0 Å². The van der Waals surface area contributed by atoms with Gasteiger partial charge in [0.05, 0.1) is 0 Å². The summed E-state index contributed by atoms with van der Waals surface area (Å²) in [4.78, 5) is 0. The van der Waals surface area contributed by atoms with Crippen molar-refractivity contribution in [3.8, 4) is 0 Å². The van der Waals surface area contributed by atoms with Gasteiger partial charge in [-0.2, -0.15) is 0 Å². The fraction of sp³-hybridized carbons (Fsp3) is 0.333. The molecule has 0 aliphatic rings. The van der Waals surface area contributed by atoms with Crippen molar-refractivity contribution in [3.63, 3.8) is 0 Å². The summed E-state index contributed by atoms with van der Waals surface area (Å²) in [6.07, 6.45) is 0. The molecule has 0 rings (SSSR count). The van der Waals surface area contributed by atoms with Gasteiger partial charge in [0.25, 0.3) is 0 Å². The van der Waals surface area contributed by atoms with Crippen LogP contribution in [0.2, 0.25) is 0 Å². The van der Waals surface area contributed by atoms with E-state index in [9.17, 15) is 5.11 Å². The first-order chi connectivity index (χ1) is 2.27. The topological polar surface area (TPSA) is 32.3 Å². The Balaban J connectivity index is -0.0000000800. The monoisotopic (exact) mass is 176 g/mol. The standard InChI is InChI=1S/C3H6O2.BrH.Mg/c1-3(4)5-2;;/h4H,1H2,2H3;1H;/q;;+2/p-2. The van der Waals surface area contributed by atoms with E-state index in [2.05, 4.69) is 11.3 Å². The molecule has 4 heteroatoms. The van der Waals surface area contributed by atoms with Gasteiger partial charge < -0.3 is 26.8 Å². The van der Waals surface area contributed by atoms with Crippen molar-refractivity contribution in [3.05, 3.63) is 12.5 Å². The molecule has 0 bridgehead atoms. The van der Waals surface area contributed by atoms with E-state index in [1.165, 1.54) is 7.11 Å². The summed E-state index contributed by atoms with van der Waals surface area (Å²) < 4.78 is 4.00. The van der Waals surface area contributed by atoms with Crippen LogP contribution in [0.4, 0.5) is 0 Å². The van der Waals surface area contributed by atoms with Gasteiger partial charge in [0, 0.05) is 5.95 Å². The van der Waals surface area contributed by atoms with Crippen molar-refractivity contribution in [1.29, 1.82) is 0 Å². The van der Waals surface area contributed by atoms with Gasteiger partial charge in [-0.25, -0.2) is 0 Å². The van der Waals surface area contributed by atoms with Crippen molar-refractivity contribution in [2.45, 2.75) is 0 Å². The first-order valence-corrected chi connectivity index (χ1v) is 1.17. The molecule has 0 spiro atoms. The van der Waals surface area contributed by atoms with Crippen LogP contribution >= 0.6 is 0 Å². The van der Waals surface area contributed by atoms with Crippen molar-refractivity contribution in [2.75, 3.05) is 7.11 Å². The molecule has 0 amide bonds. The van der Waals surface area contributed by atoms with Gasteiger partial charge in [0.1, 0.15) is 0 Å². The van der Waals surface area contributed by atoms with Crippen LogP contribution in [0.1, 0.15) is 0 Å². The second-order valence-corrected chi connectivity index (χ2v) is 0.576. The quantitative estimate of drug-likeness (QED) is 0.303. The third-order valence-corrected chi connectivity index (χ3v) is 0.228. The molecule has 0 aromatic carbocycles. The second-order valence-electron chi connectivity index (χ2n) is 0.576. The normalized spacial score (nSPS) is 4.71. The minimum atomic E-state index is -0.495. The summed E-state index contributed by atoms with van der Waals surface area (Å²) in [5.41, 5.74) is 0. The van der Waals surface area contributed by atoms with Crippen molar-refractivity contribution < 1.29 is 26.8 Å². The van der Waals surface area contributed by atoms with Crippen molar-refractivity contribution in [2.24, 2.45) is 0 Å². The molecule has 0 unspecified atom stereocenters. The van der Waals surface area contributed by atoms with E-state index in [1.807, 2.05) is 0 Å². The molecular weight excluding hydrogens is 172 g/mol. The Morgan fingerprint density at radius 2 is 1.86 bits per heavy atom. The summed E-state index contributed by atoms with van der Waals surface area (Å²) in [6, 6.07) is 0. The molecule has 0 heterocycles. The first kappa shape index (κ1) is 15.6. The molecule has 2 nitrogen and oxygen atoms in total. The predicted octanol–water partition coefficient (Wildman–Crippen LogP) is -3.91. The number of rotatable bonds is 1. The number of halogens is 1. The maximum absolute atomic E-state index is 9.48. The van der Waals surface area contributed by atoms with Crippen LogP contribution in [0.3, 0.4) is 0 Å². The van der Waals surface area contributed by atoms with E-state index in [0.29, 0.717) is 0 Å². The van der Waals surface area contributed by atoms with Crippen LogP contribution in [0.5, 0.6) is 0 Å².